The summed E-state index contributed by atoms with van der Waals surface area (Å²) in [5.74, 6) is 0.790. The van der Waals surface area contributed by atoms with Crippen molar-refractivity contribution in [3.8, 4) is 5.75 Å². The summed E-state index contributed by atoms with van der Waals surface area (Å²) in [5.41, 5.74) is 4.15. The Morgan fingerprint density at radius 1 is 1.16 bits per heavy atom. The van der Waals surface area contributed by atoms with Gasteiger partial charge >= 0.3 is 0 Å². The predicted octanol–water partition coefficient (Wildman–Crippen LogP) is 4.77. The Hall–Kier alpha value is -2.33. The fourth-order valence-electron chi connectivity index (χ4n) is 3.32. The van der Waals surface area contributed by atoms with Crippen molar-refractivity contribution in [3.05, 3.63) is 59.0 Å². The molecule has 1 aliphatic heterocycles. The van der Waals surface area contributed by atoms with E-state index in [9.17, 15) is 0 Å². The summed E-state index contributed by atoms with van der Waals surface area (Å²) < 4.78 is 5.91. The van der Waals surface area contributed by atoms with Crippen molar-refractivity contribution >= 4 is 28.2 Å². The fourth-order valence-corrected chi connectivity index (χ4v) is 3.49. The lowest BCUT2D eigenvalue weighted by molar-refractivity contribution is 0.306. The molecule has 4 nitrogen and oxygen atoms in total. The number of hydrogen-bond acceptors (Lipinski definition) is 4. The number of fused-ring (bicyclic) bond motifs is 1. The topological polar surface area (TPSA) is 38.2 Å². The zero-order valence-electron chi connectivity index (χ0n) is 14.2. The number of rotatable bonds is 4. The summed E-state index contributed by atoms with van der Waals surface area (Å²) in [6.07, 6.45) is 4.19. The van der Waals surface area contributed by atoms with Crippen LogP contribution in [-0.2, 0) is 6.61 Å². The van der Waals surface area contributed by atoms with Crippen molar-refractivity contribution < 1.29 is 4.74 Å². The number of nitrogens with zero attached hydrogens (tertiary/aromatic N) is 3. The summed E-state index contributed by atoms with van der Waals surface area (Å²) in [4.78, 5) is 11.2. The molecule has 0 atom stereocenters. The van der Waals surface area contributed by atoms with E-state index in [4.69, 9.17) is 21.3 Å². The van der Waals surface area contributed by atoms with Crippen LogP contribution in [0.4, 0.5) is 5.69 Å². The maximum absolute atomic E-state index is 6.09. The highest BCUT2D eigenvalue weighted by Crippen LogP contribution is 2.31. The van der Waals surface area contributed by atoms with Gasteiger partial charge in [0.05, 0.1) is 5.52 Å². The molecule has 4 rings (SSSR count). The Kier molecular flexibility index (Phi) is 4.45. The van der Waals surface area contributed by atoms with Crippen LogP contribution in [-0.4, -0.2) is 23.1 Å². The second-order valence-corrected chi connectivity index (χ2v) is 6.76. The number of aryl methyl sites for hydroxylation is 1. The molecule has 0 spiro atoms. The lowest BCUT2D eigenvalue weighted by atomic mass is 10.1. The summed E-state index contributed by atoms with van der Waals surface area (Å²) in [7, 11) is 0. The number of pyridine rings is 2. The third-order valence-electron chi connectivity index (χ3n) is 4.56. The van der Waals surface area contributed by atoms with Crippen LogP contribution in [0.1, 0.15) is 24.1 Å². The van der Waals surface area contributed by atoms with Crippen LogP contribution in [0.3, 0.4) is 0 Å². The molecule has 0 N–H and O–H groups in total. The number of hydrogen-bond donors (Lipinski definition) is 0. The maximum atomic E-state index is 6.09. The van der Waals surface area contributed by atoms with Gasteiger partial charge in [-0.1, -0.05) is 17.7 Å². The van der Waals surface area contributed by atoms with Crippen molar-refractivity contribution in [1.29, 1.82) is 0 Å². The standard InChI is InChI=1S/C20H20ClN3O/c1-14-11-19(24-9-2-3-10-24)17-7-6-16(12-18(17)23-14)25-13-15-5-4-8-22-20(15)21/h4-8,11-12H,2-3,9-10,13H2,1H3. The van der Waals surface area contributed by atoms with E-state index in [1.807, 2.05) is 31.2 Å². The molecule has 0 radical (unpaired) electrons. The van der Waals surface area contributed by atoms with Gasteiger partial charge in [0.1, 0.15) is 17.5 Å². The highest BCUT2D eigenvalue weighted by molar-refractivity contribution is 6.30. The molecule has 0 amide bonds. The van der Waals surface area contributed by atoms with Crippen LogP contribution in [0.15, 0.2) is 42.6 Å². The Balaban J connectivity index is 1.62. The second kappa shape index (κ2) is 6.89. The first-order valence-electron chi connectivity index (χ1n) is 8.59. The van der Waals surface area contributed by atoms with Gasteiger partial charge in [-0.2, -0.15) is 0 Å². The van der Waals surface area contributed by atoms with Gasteiger partial charge in [0.15, 0.2) is 0 Å². The molecule has 3 aromatic rings. The maximum Gasteiger partial charge on any atom is 0.135 e. The first kappa shape index (κ1) is 16.2. The van der Waals surface area contributed by atoms with E-state index >= 15 is 0 Å². The molecule has 0 unspecified atom stereocenters. The van der Waals surface area contributed by atoms with Crippen molar-refractivity contribution in [2.45, 2.75) is 26.4 Å². The third-order valence-corrected chi connectivity index (χ3v) is 4.91. The smallest absolute Gasteiger partial charge is 0.135 e. The first-order valence-corrected chi connectivity index (χ1v) is 8.97. The van der Waals surface area contributed by atoms with Crippen molar-refractivity contribution in [2.75, 3.05) is 18.0 Å². The minimum atomic E-state index is 0.392. The van der Waals surface area contributed by atoms with Crippen molar-refractivity contribution in [3.63, 3.8) is 0 Å². The fraction of sp³-hybridized carbons (Fsp3) is 0.300. The van der Waals surface area contributed by atoms with Crippen LogP contribution in [0.25, 0.3) is 10.9 Å². The van der Waals surface area contributed by atoms with Crippen molar-refractivity contribution in [1.82, 2.24) is 9.97 Å². The second-order valence-electron chi connectivity index (χ2n) is 6.40. The molecule has 1 aromatic carbocycles. The van der Waals surface area contributed by atoms with Crippen molar-refractivity contribution in [2.24, 2.45) is 0 Å². The largest absolute Gasteiger partial charge is 0.489 e. The van der Waals surface area contributed by atoms with Crippen LogP contribution in [0, 0.1) is 6.92 Å². The number of benzene rings is 1. The Morgan fingerprint density at radius 2 is 2.00 bits per heavy atom. The Morgan fingerprint density at radius 3 is 2.80 bits per heavy atom. The molecule has 3 heterocycles. The van der Waals surface area contributed by atoms with Gasteiger partial charge < -0.3 is 9.64 Å². The molecule has 1 saturated heterocycles. The van der Waals surface area contributed by atoms with Gasteiger partial charge in [0.25, 0.3) is 0 Å². The summed E-state index contributed by atoms with van der Waals surface area (Å²) in [6.45, 7) is 4.68. The molecule has 25 heavy (non-hydrogen) atoms. The summed E-state index contributed by atoms with van der Waals surface area (Å²) >= 11 is 6.09. The third kappa shape index (κ3) is 3.40. The molecule has 1 aliphatic rings. The molecule has 1 fully saturated rings. The molecular weight excluding hydrogens is 334 g/mol. The quantitative estimate of drug-likeness (QED) is 0.633. The molecule has 5 heteroatoms. The van der Waals surface area contributed by atoms with E-state index in [2.05, 4.69) is 22.0 Å². The van der Waals surface area contributed by atoms with E-state index in [-0.39, 0.29) is 0 Å². The number of halogens is 1. The van der Waals surface area contributed by atoms with E-state index < -0.39 is 0 Å². The molecule has 0 saturated carbocycles. The van der Waals surface area contributed by atoms with Crippen LogP contribution >= 0.6 is 11.6 Å². The van der Waals surface area contributed by atoms with Gasteiger partial charge in [0, 0.05) is 47.7 Å². The highest BCUT2D eigenvalue weighted by Gasteiger charge is 2.16. The zero-order valence-corrected chi connectivity index (χ0v) is 15.0. The van der Waals surface area contributed by atoms with E-state index in [0.29, 0.717) is 11.8 Å². The molecule has 128 valence electrons. The van der Waals surface area contributed by atoms with Crippen LogP contribution in [0.5, 0.6) is 5.75 Å². The van der Waals surface area contributed by atoms with Gasteiger partial charge in [0.2, 0.25) is 0 Å². The number of anilines is 1. The van der Waals surface area contributed by atoms with Gasteiger partial charge in [-0.15, -0.1) is 0 Å². The Labute approximate surface area is 152 Å². The van der Waals surface area contributed by atoms with Crippen LogP contribution in [0.2, 0.25) is 5.15 Å². The molecular formula is C20H20ClN3O. The lowest BCUT2D eigenvalue weighted by Crippen LogP contribution is -2.18. The van der Waals surface area contributed by atoms with Gasteiger partial charge in [-0.3, -0.25) is 4.98 Å². The monoisotopic (exact) mass is 353 g/mol. The molecule has 2 aromatic heterocycles. The predicted molar refractivity (Wildman–Crippen MR) is 102 cm³/mol. The summed E-state index contributed by atoms with van der Waals surface area (Å²) in [5, 5.41) is 1.66. The SMILES string of the molecule is Cc1cc(N2CCCC2)c2ccc(OCc3cccnc3Cl)cc2n1. The molecule has 0 bridgehead atoms. The van der Waals surface area contributed by atoms with Gasteiger partial charge in [-0.05, 0) is 44.0 Å². The minimum absolute atomic E-state index is 0.392. The van der Waals surface area contributed by atoms with Crippen LogP contribution < -0.4 is 9.64 Å². The van der Waals surface area contributed by atoms with E-state index in [0.717, 1.165) is 35.6 Å². The molecule has 0 aliphatic carbocycles. The number of ether oxygens (including phenoxy) is 1. The summed E-state index contributed by atoms with van der Waals surface area (Å²) in [6, 6.07) is 12.1. The average Bonchev–Trinajstić information content (AvgIpc) is 3.14. The van der Waals surface area contributed by atoms with Gasteiger partial charge in [-0.25, -0.2) is 4.98 Å². The highest BCUT2D eigenvalue weighted by atomic mass is 35.5. The lowest BCUT2D eigenvalue weighted by Gasteiger charge is -2.20. The van der Waals surface area contributed by atoms with E-state index in [1.54, 1.807) is 6.20 Å². The minimum Gasteiger partial charge on any atom is -0.489 e. The first-order chi connectivity index (χ1) is 12.2. The number of aromatic nitrogens is 2. The normalized spacial score (nSPS) is 14.2. The Bertz CT molecular complexity index is 907. The van der Waals surface area contributed by atoms with E-state index in [1.165, 1.54) is 23.9 Å². The zero-order chi connectivity index (χ0) is 17.2. The average molecular weight is 354 g/mol.